The standard InChI is InChI=1S/C5H8NOP/c1-4-2-5(7)6(8)3-4/h2H,3,8H2,1H3. The summed E-state index contributed by atoms with van der Waals surface area (Å²) in [6, 6.07) is 0. The minimum absolute atomic E-state index is 0.0903. The molecule has 0 N–H and O–H groups in total. The van der Waals surface area contributed by atoms with E-state index in [4.69, 9.17) is 0 Å². The van der Waals surface area contributed by atoms with Crippen LogP contribution in [0.15, 0.2) is 11.6 Å². The lowest BCUT2D eigenvalue weighted by atomic mass is 10.3. The molecule has 1 aliphatic heterocycles. The Labute approximate surface area is 50.8 Å². The van der Waals surface area contributed by atoms with E-state index in [-0.39, 0.29) is 5.91 Å². The Balaban J connectivity index is 2.70. The fraction of sp³-hybridized carbons (Fsp3) is 0.400. The Morgan fingerprint density at radius 2 is 2.50 bits per heavy atom. The monoisotopic (exact) mass is 129 g/mol. The molecule has 1 amide bonds. The molecular weight excluding hydrogens is 121 g/mol. The van der Waals surface area contributed by atoms with Gasteiger partial charge in [0.25, 0.3) is 0 Å². The predicted octanol–water partition coefficient (Wildman–Crippen LogP) is 0.565. The SMILES string of the molecule is CC1=CC(=O)N(P)C1. The van der Waals surface area contributed by atoms with Crippen molar-refractivity contribution in [3.05, 3.63) is 11.6 Å². The number of carbonyl (C=O) groups is 1. The number of nitrogens with zero attached hydrogens (tertiary/aromatic N) is 1. The van der Waals surface area contributed by atoms with Crippen LogP contribution in [0.5, 0.6) is 0 Å². The molecule has 0 radical (unpaired) electrons. The number of hydrogen-bond donors (Lipinski definition) is 0. The van der Waals surface area contributed by atoms with Crippen molar-refractivity contribution in [3.8, 4) is 0 Å². The number of amides is 1. The highest BCUT2D eigenvalue weighted by molar-refractivity contribution is 7.14. The summed E-state index contributed by atoms with van der Waals surface area (Å²) in [6.45, 7) is 2.71. The first-order valence-corrected chi connectivity index (χ1v) is 2.95. The van der Waals surface area contributed by atoms with E-state index in [1.807, 2.05) is 6.92 Å². The van der Waals surface area contributed by atoms with Crippen LogP contribution in [0.2, 0.25) is 0 Å². The highest BCUT2D eigenvalue weighted by Crippen LogP contribution is 2.12. The summed E-state index contributed by atoms with van der Waals surface area (Å²) in [6.07, 6.45) is 1.65. The number of rotatable bonds is 0. The molecule has 0 spiro atoms. The lowest BCUT2D eigenvalue weighted by Crippen LogP contribution is -2.11. The van der Waals surface area contributed by atoms with Crippen molar-refractivity contribution in [2.45, 2.75) is 6.92 Å². The average molecular weight is 129 g/mol. The summed E-state index contributed by atoms with van der Waals surface area (Å²) >= 11 is 0. The number of hydrogen-bond acceptors (Lipinski definition) is 1. The van der Waals surface area contributed by atoms with Crippen LogP contribution in [-0.2, 0) is 4.79 Å². The molecular formula is C5H8NOP. The number of carbonyl (C=O) groups excluding carboxylic acids is 1. The summed E-state index contributed by atoms with van der Waals surface area (Å²) in [7, 11) is 2.37. The van der Waals surface area contributed by atoms with Crippen molar-refractivity contribution in [3.63, 3.8) is 0 Å². The van der Waals surface area contributed by atoms with E-state index in [1.165, 1.54) is 0 Å². The van der Waals surface area contributed by atoms with E-state index in [9.17, 15) is 4.79 Å². The molecule has 2 nitrogen and oxygen atoms in total. The molecule has 8 heavy (non-hydrogen) atoms. The maximum atomic E-state index is 10.6. The lowest BCUT2D eigenvalue weighted by molar-refractivity contribution is -0.120. The Kier molecular flexibility index (Phi) is 1.35. The van der Waals surface area contributed by atoms with Gasteiger partial charge in [0.2, 0.25) is 5.91 Å². The van der Waals surface area contributed by atoms with Crippen molar-refractivity contribution >= 4 is 15.3 Å². The molecule has 0 bridgehead atoms. The highest BCUT2D eigenvalue weighted by Gasteiger charge is 2.12. The van der Waals surface area contributed by atoms with E-state index in [0.29, 0.717) is 0 Å². The van der Waals surface area contributed by atoms with Crippen molar-refractivity contribution < 1.29 is 4.79 Å². The molecule has 0 aromatic rings. The molecule has 0 saturated heterocycles. The molecule has 0 aliphatic carbocycles. The topological polar surface area (TPSA) is 20.3 Å². The van der Waals surface area contributed by atoms with Gasteiger partial charge in [0.1, 0.15) is 0 Å². The molecule has 1 atom stereocenters. The normalized spacial score (nSPS) is 19.5. The van der Waals surface area contributed by atoms with Crippen molar-refractivity contribution in [1.82, 2.24) is 4.67 Å². The molecule has 1 heterocycles. The first-order chi connectivity index (χ1) is 3.70. The molecule has 3 heteroatoms. The van der Waals surface area contributed by atoms with Gasteiger partial charge in [0.15, 0.2) is 0 Å². The molecule has 1 aliphatic rings. The van der Waals surface area contributed by atoms with Crippen molar-refractivity contribution in [1.29, 1.82) is 0 Å². The van der Waals surface area contributed by atoms with Crippen molar-refractivity contribution in [2.24, 2.45) is 0 Å². The fourth-order valence-electron chi connectivity index (χ4n) is 0.686. The minimum Gasteiger partial charge on any atom is -0.320 e. The van der Waals surface area contributed by atoms with Gasteiger partial charge < -0.3 is 4.67 Å². The van der Waals surface area contributed by atoms with Crippen LogP contribution in [-0.4, -0.2) is 17.1 Å². The zero-order valence-corrected chi connectivity index (χ0v) is 5.87. The molecule has 0 fully saturated rings. The summed E-state index contributed by atoms with van der Waals surface area (Å²) < 4.78 is 1.61. The first-order valence-electron chi connectivity index (χ1n) is 2.43. The lowest BCUT2D eigenvalue weighted by Gasteiger charge is -2.04. The van der Waals surface area contributed by atoms with E-state index < -0.39 is 0 Å². The molecule has 1 rings (SSSR count). The maximum Gasteiger partial charge on any atom is 0.249 e. The summed E-state index contributed by atoms with van der Waals surface area (Å²) in [4.78, 5) is 10.6. The van der Waals surface area contributed by atoms with E-state index >= 15 is 0 Å². The second-order valence-corrected chi connectivity index (χ2v) is 2.58. The first kappa shape index (κ1) is 5.77. The van der Waals surface area contributed by atoms with Gasteiger partial charge in [0.05, 0.1) is 0 Å². The maximum absolute atomic E-state index is 10.6. The zero-order valence-electron chi connectivity index (χ0n) is 4.72. The Morgan fingerprint density at radius 3 is 2.62 bits per heavy atom. The molecule has 0 aromatic heterocycles. The van der Waals surface area contributed by atoms with Gasteiger partial charge in [-0.1, -0.05) is 0 Å². The van der Waals surface area contributed by atoms with Crippen LogP contribution in [0.25, 0.3) is 0 Å². The van der Waals surface area contributed by atoms with Crippen molar-refractivity contribution in [2.75, 3.05) is 6.54 Å². The van der Waals surface area contributed by atoms with E-state index in [2.05, 4.69) is 9.39 Å². The van der Waals surface area contributed by atoms with Crippen LogP contribution in [0.1, 0.15) is 6.92 Å². The predicted molar refractivity (Wildman–Crippen MR) is 35.2 cm³/mol. The molecule has 0 aromatic carbocycles. The minimum atomic E-state index is 0.0903. The largest absolute Gasteiger partial charge is 0.320 e. The van der Waals surface area contributed by atoms with Gasteiger partial charge in [-0.15, -0.1) is 0 Å². The fourth-order valence-corrected chi connectivity index (χ4v) is 1.05. The average Bonchev–Trinajstić information content (AvgIpc) is 1.85. The van der Waals surface area contributed by atoms with Gasteiger partial charge in [-0.25, -0.2) is 0 Å². The van der Waals surface area contributed by atoms with Crippen LogP contribution in [0.3, 0.4) is 0 Å². The highest BCUT2D eigenvalue weighted by atomic mass is 31.0. The Hall–Kier alpha value is -0.360. The van der Waals surface area contributed by atoms with Crippen LogP contribution >= 0.6 is 9.39 Å². The summed E-state index contributed by atoms with van der Waals surface area (Å²) in [5.74, 6) is 0.0903. The smallest absolute Gasteiger partial charge is 0.249 e. The van der Waals surface area contributed by atoms with Crippen LogP contribution < -0.4 is 0 Å². The van der Waals surface area contributed by atoms with Gasteiger partial charge in [-0.3, -0.25) is 4.79 Å². The third-order valence-electron chi connectivity index (χ3n) is 1.07. The third-order valence-corrected chi connectivity index (χ3v) is 1.51. The quantitative estimate of drug-likeness (QED) is 0.438. The van der Waals surface area contributed by atoms with E-state index in [0.717, 1.165) is 12.1 Å². The van der Waals surface area contributed by atoms with Crippen LogP contribution in [0, 0.1) is 0 Å². The molecule has 1 unspecified atom stereocenters. The Bertz CT molecular complexity index is 153. The molecule has 44 valence electrons. The third kappa shape index (κ3) is 0.896. The summed E-state index contributed by atoms with van der Waals surface area (Å²) in [5, 5.41) is 0. The Morgan fingerprint density at radius 1 is 1.88 bits per heavy atom. The zero-order chi connectivity index (χ0) is 6.15. The molecule has 0 saturated carbocycles. The summed E-state index contributed by atoms with van der Waals surface area (Å²) in [5.41, 5.74) is 1.13. The second-order valence-electron chi connectivity index (χ2n) is 1.96. The van der Waals surface area contributed by atoms with Gasteiger partial charge >= 0.3 is 0 Å². The van der Waals surface area contributed by atoms with Gasteiger partial charge in [-0.2, -0.15) is 0 Å². The van der Waals surface area contributed by atoms with Gasteiger partial charge in [0, 0.05) is 12.6 Å². The second kappa shape index (κ2) is 1.87. The van der Waals surface area contributed by atoms with E-state index in [1.54, 1.807) is 10.7 Å². The van der Waals surface area contributed by atoms with Gasteiger partial charge in [-0.05, 0) is 21.9 Å². The van der Waals surface area contributed by atoms with Crippen LogP contribution in [0.4, 0.5) is 0 Å².